The van der Waals surface area contributed by atoms with Crippen LogP contribution in [0, 0.1) is 0 Å². The van der Waals surface area contributed by atoms with Crippen molar-refractivity contribution in [2.45, 2.75) is 6.54 Å². The van der Waals surface area contributed by atoms with E-state index >= 15 is 0 Å². The Morgan fingerprint density at radius 3 is 2.95 bits per heavy atom. The quantitative estimate of drug-likeness (QED) is 0.785. The minimum Gasteiger partial charge on any atom is -0.451 e. The molecule has 3 aromatic rings. The molecule has 0 saturated heterocycles. The predicted octanol–water partition coefficient (Wildman–Crippen LogP) is 1.42. The molecule has 6 heteroatoms. The number of fused-ring (bicyclic) bond motifs is 1. The van der Waals surface area contributed by atoms with Gasteiger partial charge in [0.05, 0.1) is 6.33 Å². The molecule has 1 aromatic carbocycles. The average Bonchev–Trinajstić information content (AvgIpc) is 2.93. The van der Waals surface area contributed by atoms with E-state index in [9.17, 15) is 9.59 Å². The first kappa shape index (κ1) is 13.1. The number of amides is 1. The average molecular weight is 283 g/mol. The second kappa shape index (κ2) is 5.62. The normalized spacial score (nSPS) is 10.7. The van der Waals surface area contributed by atoms with Crippen LogP contribution < -0.4 is 10.9 Å². The van der Waals surface area contributed by atoms with E-state index in [0.717, 1.165) is 5.39 Å². The smallest absolute Gasteiger partial charge is 0.287 e. The fraction of sp³-hybridized carbons (Fsp3) is 0.133. The second-order valence-electron chi connectivity index (χ2n) is 4.52. The molecule has 0 aliphatic carbocycles. The van der Waals surface area contributed by atoms with Crippen LogP contribution in [0.3, 0.4) is 0 Å². The maximum absolute atomic E-state index is 12.0. The van der Waals surface area contributed by atoms with Crippen LogP contribution in [0.4, 0.5) is 0 Å². The number of benzene rings is 1. The molecule has 3 rings (SSSR count). The van der Waals surface area contributed by atoms with E-state index in [1.54, 1.807) is 12.1 Å². The molecule has 106 valence electrons. The number of hydrogen-bond donors (Lipinski definition) is 1. The van der Waals surface area contributed by atoms with Gasteiger partial charge in [-0.25, -0.2) is 4.98 Å². The Morgan fingerprint density at radius 2 is 2.14 bits per heavy atom. The molecule has 0 unspecified atom stereocenters. The Morgan fingerprint density at radius 1 is 1.29 bits per heavy atom. The summed E-state index contributed by atoms with van der Waals surface area (Å²) in [5.74, 6) is -0.0436. The number of nitrogens with zero attached hydrogens (tertiary/aromatic N) is 2. The van der Waals surface area contributed by atoms with Crippen molar-refractivity contribution >= 4 is 16.9 Å². The molecule has 2 heterocycles. The molecule has 1 amide bonds. The number of aromatic nitrogens is 2. The van der Waals surface area contributed by atoms with E-state index in [4.69, 9.17) is 4.42 Å². The summed E-state index contributed by atoms with van der Waals surface area (Å²) in [5, 5.41) is 3.60. The van der Waals surface area contributed by atoms with Gasteiger partial charge in [0.25, 0.3) is 11.5 Å². The molecule has 2 aromatic heterocycles. The first-order chi connectivity index (χ1) is 10.2. The van der Waals surface area contributed by atoms with Crippen molar-refractivity contribution in [3.8, 4) is 0 Å². The number of carbonyl (C=O) groups excluding carboxylic acids is 1. The lowest BCUT2D eigenvalue weighted by molar-refractivity contribution is 0.0926. The van der Waals surface area contributed by atoms with Gasteiger partial charge in [-0.1, -0.05) is 18.2 Å². The molecule has 6 nitrogen and oxygen atoms in total. The van der Waals surface area contributed by atoms with Crippen molar-refractivity contribution in [1.29, 1.82) is 0 Å². The van der Waals surface area contributed by atoms with Gasteiger partial charge in [0.2, 0.25) is 0 Å². The molecule has 0 aliphatic rings. The van der Waals surface area contributed by atoms with Crippen LogP contribution in [0.5, 0.6) is 0 Å². The summed E-state index contributed by atoms with van der Waals surface area (Å²) in [6.45, 7) is 0.681. The lowest BCUT2D eigenvalue weighted by Gasteiger charge is -2.05. The van der Waals surface area contributed by atoms with Crippen LogP contribution in [0.2, 0.25) is 0 Å². The summed E-state index contributed by atoms with van der Waals surface area (Å²) < 4.78 is 6.89. The number of para-hydroxylation sites is 1. The van der Waals surface area contributed by atoms with Gasteiger partial charge in [0.1, 0.15) is 5.58 Å². The molecule has 0 saturated carbocycles. The minimum atomic E-state index is -0.303. The van der Waals surface area contributed by atoms with Crippen LogP contribution in [0.1, 0.15) is 10.6 Å². The molecule has 0 bridgehead atoms. The van der Waals surface area contributed by atoms with Crippen molar-refractivity contribution in [3.63, 3.8) is 0 Å². The fourth-order valence-corrected chi connectivity index (χ4v) is 2.02. The standard InChI is InChI=1S/C15H13N3O3/c19-14-5-6-16-10-18(14)8-7-17-15(20)13-9-11-3-1-2-4-12(11)21-13/h1-6,9-10H,7-8H2,(H,17,20). The zero-order chi connectivity index (χ0) is 14.7. The lowest BCUT2D eigenvalue weighted by atomic mass is 10.2. The summed E-state index contributed by atoms with van der Waals surface area (Å²) in [7, 11) is 0. The van der Waals surface area contributed by atoms with Gasteiger partial charge < -0.3 is 9.73 Å². The first-order valence-corrected chi connectivity index (χ1v) is 6.51. The Hall–Kier alpha value is -2.89. The molecular formula is C15H13N3O3. The topological polar surface area (TPSA) is 77.1 Å². The summed E-state index contributed by atoms with van der Waals surface area (Å²) in [5.41, 5.74) is 0.522. The first-order valence-electron chi connectivity index (χ1n) is 6.51. The monoisotopic (exact) mass is 283 g/mol. The summed E-state index contributed by atoms with van der Waals surface area (Å²) in [6.07, 6.45) is 2.88. The van der Waals surface area contributed by atoms with Crippen LogP contribution in [0.25, 0.3) is 11.0 Å². The third-order valence-corrected chi connectivity index (χ3v) is 3.08. The van der Waals surface area contributed by atoms with Gasteiger partial charge in [0.15, 0.2) is 5.76 Å². The number of rotatable bonds is 4. The van der Waals surface area contributed by atoms with Gasteiger partial charge in [0, 0.05) is 30.7 Å². The molecule has 0 fully saturated rings. The van der Waals surface area contributed by atoms with E-state index in [-0.39, 0.29) is 17.2 Å². The molecule has 0 atom stereocenters. The zero-order valence-corrected chi connectivity index (χ0v) is 11.2. The van der Waals surface area contributed by atoms with Gasteiger partial charge in [-0.3, -0.25) is 14.2 Å². The third kappa shape index (κ3) is 2.84. The number of carbonyl (C=O) groups is 1. The van der Waals surface area contributed by atoms with E-state index in [1.165, 1.54) is 23.2 Å². The summed E-state index contributed by atoms with van der Waals surface area (Å²) in [4.78, 5) is 27.3. The highest BCUT2D eigenvalue weighted by atomic mass is 16.3. The number of hydrogen-bond acceptors (Lipinski definition) is 4. The summed E-state index contributed by atoms with van der Waals surface area (Å²) in [6, 6.07) is 10.5. The Labute approximate surface area is 120 Å². The van der Waals surface area contributed by atoms with Gasteiger partial charge in [-0.05, 0) is 12.1 Å². The number of nitrogens with one attached hydrogen (secondary N) is 1. The molecule has 1 N–H and O–H groups in total. The largest absolute Gasteiger partial charge is 0.451 e. The predicted molar refractivity (Wildman–Crippen MR) is 77.0 cm³/mol. The van der Waals surface area contributed by atoms with E-state index in [2.05, 4.69) is 10.3 Å². The van der Waals surface area contributed by atoms with E-state index < -0.39 is 0 Å². The van der Waals surface area contributed by atoms with Crippen molar-refractivity contribution in [2.75, 3.05) is 6.54 Å². The van der Waals surface area contributed by atoms with Crippen LogP contribution in [0.15, 0.2) is 58.1 Å². The second-order valence-corrected chi connectivity index (χ2v) is 4.52. The van der Waals surface area contributed by atoms with Crippen molar-refractivity contribution < 1.29 is 9.21 Å². The zero-order valence-electron chi connectivity index (χ0n) is 11.2. The van der Waals surface area contributed by atoms with Gasteiger partial charge >= 0.3 is 0 Å². The van der Waals surface area contributed by atoms with Gasteiger partial charge in [-0.15, -0.1) is 0 Å². The Balaban J connectivity index is 1.64. The highest BCUT2D eigenvalue weighted by molar-refractivity contribution is 5.95. The third-order valence-electron chi connectivity index (χ3n) is 3.08. The highest BCUT2D eigenvalue weighted by Gasteiger charge is 2.11. The Bertz CT molecular complexity index is 802. The highest BCUT2D eigenvalue weighted by Crippen LogP contribution is 2.18. The maximum atomic E-state index is 12.0. The molecule has 21 heavy (non-hydrogen) atoms. The molecular weight excluding hydrogens is 270 g/mol. The molecule has 0 spiro atoms. The Kier molecular flexibility index (Phi) is 3.51. The van der Waals surface area contributed by atoms with Crippen LogP contribution >= 0.6 is 0 Å². The lowest BCUT2D eigenvalue weighted by Crippen LogP contribution is -2.30. The fourth-order valence-electron chi connectivity index (χ4n) is 2.02. The van der Waals surface area contributed by atoms with E-state index in [1.807, 2.05) is 18.2 Å². The molecule has 0 aliphatic heterocycles. The summed E-state index contributed by atoms with van der Waals surface area (Å²) >= 11 is 0. The SMILES string of the molecule is O=C(NCCn1cnccc1=O)c1cc2ccccc2o1. The number of furan rings is 1. The van der Waals surface area contributed by atoms with Crippen molar-refractivity contribution in [3.05, 3.63) is 65.0 Å². The molecule has 0 radical (unpaired) electrons. The van der Waals surface area contributed by atoms with Crippen LogP contribution in [-0.4, -0.2) is 22.0 Å². The van der Waals surface area contributed by atoms with Crippen molar-refractivity contribution in [2.24, 2.45) is 0 Å². The van der Waals surface area contributed by atoms with Gasteiger partial charge in [-0.2, -0.15) is 0 Å². The maximum Gasteiger partial charge on any atom is 0.287 e. The van der Waals surface area contributed by atoms with Crippen molar-refractivity contribution in [1.82, 2.24) is 14.9 Å². The van der Waals surface area contributed by atoms with Crippen LogP contribution in [-0.2, 0) is 6.54 Å². The minimum absolute atomic E-state index is 0.150. The van der Waals surface area contributed by atoms with E-state index in [0.29, 0.717) is 18.7 Å².